The lowest BCUT2D eigenvalue weighted by Crippen LogP contribution is -2.14. The zero-order valence-electron chi connectivity index (χ0n) is 32.7. The van der Waals surface area contributed by atoms with Crippen molar-refractivity contribution in [1.29, 1.82) is 0 Å². The topological polar surface area (TPSA) is 9.86 Å². The van der Waals surface area contributed by atoms with Crippen LogP contribution in [0.15, 0.2) is 167 Å². The first kappa shape index (κ1) is 34.4. The highest BCUT2D eigenvalue weighted by atomic mass is 79.9. The van der Waals surface area contributed by atoms with Crippen molar-refractivity contribution < 1.29 is 0 Å². The average Bonchev–Trinajstić information content (AvgIpc) is 3.89. The molecular weight excluding hydrogens is 836 g/mol. The van der Waals surface area contributed by atoms with Gasteiger partial charge in [-0.3, -0.25) is 0 Å². The molecule has 0 N–H and O–H groups in total. The van der Waals surface area contributed by atoms with Crippen LogP contribution in [0.1, 0.15) is 49.9 Å². The standard InChI is InChI=1S/C54H38Br2N2/c1-53(2)39-21-13-11-19-33(39)35-27-37-47(29-41(35)53)57(31-15-7-5-8-16-31)45-25-23-43(55)51(49(37)45)52-44(56)24-26-46-50(52)38-28-36-34-20-12-14-22-40(34)54(3,4)42(36)30-48(38)58(46)32-17-9-6-10-18-32/h5-30H,1-4H3. The number of hydrogen-bond acceptors (Lipinski definition) is 0. The molecule has 12 rings (SSSR count). The Morgan fingerprint density at radius 2 is 0.741 bits per heavy atom. The third kappa shape index (κ3) is 4.42. The van der Waals surface area contributed by atoms with Gasteiger partial charge in [0, 0.05) is 63.8 Å². The summed E-state index contributed by atoms with van der Waals surface area (Å²) in [4.78, 5) is 0. The summed E-state index contributed by atoms with van der Waals surface area (Å²) in [6, 6.07) is 58.7. The summed E-state index contributed by atoms with van der Waals surface area (Å²) >= 11 is 8.39. The van der Waals surface area contributed by atoms with E-state index in [0.717, 1.165) is 20.3 Å². The SMILES string of the molecule is CC1(C)c2ccccc2-c2cc3c4c(-c5c(Br)ccc6c5c5cc7c(cc5n6-c5ccccc5)C(C)(C)c5ccccc5-7)c(Br)ccc4n(-c4ccccc4)c3cc21. The van der Waals surface area contributed by atoms with Gasteiger partial charge in [0.15, 0.2) is 0 Å². The van der Waals surface area contributed by atoms with Crippen molar-refractivity contribution in [3.63, 3.8) is 0 Å². The van der Waals surface area contributed by atoms with Gasteiger partial charge < -0.3 is 9.13 Å². The molecule has 0 spiro atoms. The summed E-state index contributed by atoms with van der Waals surface area (Å²) in [5, 5.41) is 4.96. The maximum Gasteiger partial charge on any atom is 0.0548 e. The number of rotatable bonds is 3. The molecule has 58 heavy (non-hydrogen) atoms. The first-order valence-corrected chi connectivity index (χ1v) is 21.7. The molecule has 2 aromatic heterocycles. The van der Waals surface area contributed by atoms with Crippen LogP contribution in [0.25, 0.3) is 88.4 Å². The number of nitrogens with zero attached hydrogens (tertiary/aromatic N) is 2. The quantitative estimate of drug-likeness (QED) is 0.167. The first-order valence-electron chi connectivity index (χ1n) is 20.1. The third-order valence-corrected chi connectivity index (χ3v) is 14.8. The van der Waals surface area contributed by atoms with Crippen molar-refractivity contribution >= 4 is 75.5 Å². The molecular formula is C54H38Br2N2. The molecule has 2 nitrogen and oxygen atoms in total. The lowest BCUT2D eigenvalue weighted by Gasteiger charge is -2.21. The van der Waals surface area contributed by atoms with Gasteiger partial charge >= 0.3 is 0 Å². The normalized spacial score (nSPS) is 14.7. The molecule has 0 aliphatic heterocycles. The van der Waals surface area contributed by atoms with Gasteiger partial charge in [0.05, 0.1) is 22.1 Å². The minimum atomic E-state index is -0.122. The van der Waals surface area contributed by atoms with E-state index in [1.165, 1.54) is 99.2 Å². The van der Waals surface area contributed by atoms with Crippen LogP contribution in [0.5, 0.6) is 0 Å². The molecule has 0 fully saturated rings. The Bertz CT molecular complexity index is 3170. The van der Waals surface area contributed by atoms with Gasteiger partial charge in [-0.1, -0.05) is 144 Å². The van der Waals surface area contributed by atoms with Crippen LogP contribution in [0.3, 0.4) is 0 Å². The molecule has 0 radical (unpaired) electrons. The van der Waals surface area contributed by atoms with E-state index in [0.29, 0.717) is 0 Å². The van der Waals surface area contributed by atoms with E-state index in [1.807, 2.05) is 0 Å². The number of halogens is 2. The van der Waals surface area contributed by atoms with E-state index in [-0.39, 0.29) is 10.8 Å². The van der Waals surface area contributed by atoms with E-state index in [4.69, 9.17) is 0 Å². The second-order valence-corrected chi connectivity index (χ2v) is 18.9. The average molecular weight is 875 g/mol. The molecule has 2 aliphatic rings. The van der Waals surface area contributed by atoms with Gasteiger partial charge in [0.2, 0.25) is 0 Å². The zero-order valence-corrected chi connectivity index (χ0v) is 35.8. The predicted octanol–water partition coefficient (Wildman–Crippen LogP) is 15.7. The minimum absolute atomic E-state index is 0.122. The van der Waals surface area contributed by atoms with Crippen LogP contribution >= 0.6 is 31.9 Å². The van der Waals surface area contributed by atoms with E-state index < -0.39 is 0 Å². The van der Waals surface area contributed by atoms with Crippen LogP contribution in [-0.2, 0) is 10.8 Å². The van der Waals surface area contributed by atoms with Crippen LogP contribution in [0.2, 0.25) is 0 Å². The van der Waals surface area contributed by atoms with E-state index in [2.05, 4.69) is 226 Å². The van der Waals surface area contributed by atoms with Gasteiger partial charge in [-0.25, -0.2) is 0 Å². The number of fused-ring (bicyclic) bond motifs is 12. The fourth-order valence-electron chi connectivity index (χ4n) is 10.8. The molecule has 8 aromatic carbocycles. The molecule has 2 heterocycles. The second-order valence-electron chi connectivity index (χ2n) is 17.1. The van der Waals surface area contributed by atoms with E-state index in [9.17, 15) is 0 Å². The summed E-state index contributed by atoms with van der Waals surface area (Å²) < 4.78 is 7.09. The van der Waals surface area contributed by atoms with Crippen LogP contribution in [-0.4, -0.2) is 9.13 Å². The maximum atomic E-state index is 4.20. The Morgan fingerprint density at radius 3 is 1.16 bits per heavy atom. The Hall–Kier alpha value is -5.68. The van der Waals surface area contributed by atoms with Crippen molar-refractivity contribution in [2.75, 3.05) is 0 Å². The van der Waals surface area contributed by atoms with E-state index >= 15 is 0 Å². The summed E-state index contributed by atoms with van der Waals surface area (Å²) in [6.45, 7) is 9.49. The third-order valence-electron chi connectivity index (χ3n) is 13.4. The highest BCUT2D eigenvalue weighted by Gasteiger charge is 2.38. The lowest BCUT2D eigenvalue weighted by atomic mass is 9.82. The molecule has 0 unspecified atom stereocenters. The van der Waals surface area contributed by atoms with Gasteiger partial charge in [-0.05, 0) is 117 Å². The number of para-hydroxylation sites is 2. The fourth-order valence-corrected chi connectivity index (χ4v) is 11.8. The van der Waals surface area contributed by atoms with Crippen LogP contribution in [0.4, 0.5) is 0 Å². The largest absolute Gasteiger partial charge is 0.309 e. The summed E-state index contributed by atoms with van der Waals surface area (Å²) in [6.07, 6.45) is 0. The van der Waals surface area contributed by atoms with E-state index in [1.54, 1.807) is 0 Å². The van der Waals surface area contributed by atoms with Gasteiger partial charge in [-0.2, -0.15) is 0 Å². The summed E-state index contributed by atoms with van der Waals surface area (Å²) in [7, 11) is 0. The number of aromatic nitrogens is 2. The molecule has 0 saturated carbocycles. The highest BCUT2D eigenvalue weighted by molar-refractivity contribution is 9.11. The van der Waals surface area contributed by atoms with Crippen molar-refractivity contribution in [3.8, 4) is 44.8 Å². The Labute approximate surface area is 354 Å². The smallest absolute Gasteiger partial charge is 0.0548 e. The Balaban J connectivity index is 1.27. The lowest BCUT2D eigenvalue weighted by molar-refractivity contribution is 0.661. The summed E-state index contributed by atoms with van der Waals surface area (Å²) in [5.74, 6) is 0. The van der Waals surface area contributed by atoms with Crippen LogP contribution in [0, 0.1) is 0 Å². The summed E-state index contributed by atoms with van der Waals surface area (Å²) in [5.41, 5.74) is 20.0. The molecule has 10 aromatic rings. The van der Waals surface area contributed by atoms with Gasteiger partial charge in [0.1, 0.15) is 0 Å². The fraction of sp³-hybridized carbons (Fsp3) is 0.111. The minimum Gasteiger partial charge on any atom is -0.309 e. The van der Waals surface area contributed by atoms with Crippen molar-refractivity contribution in [1.82, 2.24) is 9.13 Å². The Morgan fingerprint density at radius 1 is 0.362 bits per heavy atom. The predicted molar refractivity (Wildman–Crippen MR) is 251 cm³/mol. The molecule has 4 heteroatoms. The van der Waals surface area contributed by atoms with Crippen molar-refractivity contribution in [3.05, 3.63) is 189 Å². The molecule has 278 valence electrons. The molecule has 0 atom stereocenters. The zero-order chi connectivity index (χ0) is 39.2. The monoisotopic (exact) mass is 872 g/mol. The molecule has 0 amide bonds. The van der Waals surface area contributed by atoms with Crippen molar-refractivity contribution in [2.24, 2.45) is 0 Å². The second kappa shape index (κ2) is 11.9. The van der Waals surface area contributed by atoms with Crippen molar-refractivity contribution in [2.45, 2.75) is 38.5 Å². The Kier molecular flexibility index (Phi) is 7.08. The van der Waals surface area contributed by atoms with Gasteiger partial charge in [0.25, 0.3) is 0 Å². The molecule has 0 bridgehead atoms. The number of benzene rings is 8. The first-order chi connectivity index (χ1) is 28.1. The molecule has 2 aliphatic carbocycles. The van der Waals surface area contributed by atoms with Gasteiger partial charge in [-0.15, -0.1) is 0 Å². The maximum absolute atomic E-state index is 4.20. The highest BCUT2D eigenvalue weighted by Crippen LogP contribution is 2.56. The number of hydrogen-bond donors (Lipinski definition) is 0. The van der Waals surface area contributed by atoms with Crippen LogP contribution < -0.4 is 0 Å². The molecule has 0 saturated heterocycles.